The second-order valence-electron chi connectivity index (χ2n) is 4.74. The molecular weight excluding hydrogens is 356 g/mol. The lowest BCUT2D eigenvalue weighted by molar-refractivity contribution is -0.113. The lowest BCUT2D eigenvalue weighted by Gasteiger charge is -2.07. The zero-order valence-electron chi connectivity index (χ0n) is 11.7. The van der Waals surface area contributed by atoms with E-state index >= 15 is 0 Å². The lowest BCUT2D eigenvalue weighted by Crippen LogP contribution is -2.16. The molecule has 0 spiro atoms. The number of carbonyl (C=O) groups excluding carboxylic acids is 1. The maximum absolute atomic E-state index is 11.9. The van der Waals surface area contributed by atoms with E-state index in [4.69, 9.17) is 0 Å². The molecule has 0 atom stereocenters. The van der Waals surface area contributed by atoms with Gasteiger partial charge in [0, 0.05) is 17.2 Å². The average Bonchev–Trinajstić information content (AvgIpc) is 2.85. The summed E-state index contributed by atoms with van der Waals surface area (Å²) in [7, 11) is 0. The van der Waals surface area contributed by atoms with Crippen molar-refractivity contribution in [2.45, 2.75) is 25.5 Å². The van der Waals surface area contributed by atoms with E-state index in [1.807, 2.05) is 6.07 Å². The van der Waals surface area contributed by atoms with Crippen molar-refractivity contribution in [1.29, 1.82) is 0 Å². The average molecular weight is 371 g/mol. The van der Waals surface area contributed by atoms with Crippen molar-refractivity contribution >= 4 is 39.4 Å². The van der Waals surface area contributed by atoms with Crippen LogP contribution in [0.2, 0.25) is 0 Å². The van der Waals surface area contributed by atoms with Crippen LogP contribution in [0.4, 0.5) is 5.82 Å². The molecule has 0 aromatic carbocycles. The summed E-state index contributed by atoms with van der Waals surface area (Å²) in [6.07, 6.45) is 1.63. The summed E-state index contributed by atoms with van der Waals surface area (Å²) in [5, 5.41) is 14.8. The molecule has 112 valence electrons. The number of hydrogen-bond acceptors (Lipinski definition) is 6. The fourth-order valence-electron chi connectivity index (χ4n) is 1.52. The van der Waals surface area contributed by atoms with E-state index in [1.54, 1.807) is 16.9 Å². The molecule has 2 heterocycles. The highest BCUT2D eigenvalue weighted by Gasteiger charge is 2.11. The van der Waals surface area contributed by atoms with E-state index in [0.717, 1.165) is 11.0 Å². The first kappa shape index (κ1) is 15.9. The van der Waals surface area contributed by atoms with Crippen LogP contribution in [-0.2, 0) is 11.3 Å². The number of thioether (sulfide) groups is 1. The summed E-state index contributed by atoms with van der Waals surface area (Å²) in [6.45, 7) is 4.90. The molecule has 0 unspecified atom stereocenters. The fraction of sp³-hybridized carbons (Fsp3) is 0.417. The van der Waals surface area contributed by atoms with Gasteiger partial charge in [-0.1, -0.05) is 25.6 Å². The van der Waals surface area contributed by atoms with Gasteiger partial charge in [-0.3, -0.25) is 4.79 Å². The summed E-state index contributed by atoms with van der Waals surface area (Å²) in [6, 6.07) is 3.55. The van der Waals surface area contributed by atoms with Crippen LogP contribution in [0.3, 0.4) is 0 Å². The predicted molar refractivity (Wildman–Crippen MR) is 83.9 cm³/mol. The number of tetrazole rings is 1. The molecule has 0 aliphatic rings. The molecule has 0 bridgehead atoms. The van der Waals surface area contributed by atoms with E-state index in [-0.39, 0.29) is 11.7 Å². The van der Waals surface area contributed by atoms with Gasteiger partial charge in [-0.05, 0) is 44.4 Å². The van der Waals surface area contributed by atoms with Gasteiger partial charge in [0.25, 0.3) is 0 Å². The molecule has 1 amide bonds. The standard InChI is InChI=1S/C12H15BrN6OS/c1-8(2)6-19-12(16-17-18-19)21-7-11(20)15-10-4-3-9(13)5-14-10/h3-5,8H,6-7H2,1-2H3,(H,14,15,20). The number of aromatic nitrogens is 5. The molecule has 2 aromatic heterocycles. The number of halogens is 1. The summed E-state index contributed by atoms with van der Waals surface area (Å²) >= 11 is 4.60. The molecule has 9 heteroatoms. The largest absolute Gasteiger partial charge is 0.310 e. The first-order chi connectivity index (χ1) is 10.0. The quantitative estimate of drug-likeness (QED) is 0.784. The number of carbonyl (C=O) groups is 1. The molecule has 1 N–H and O–H groups in total. The van der Waals surface area contributed by atoms with Crippen molar-refractivity contribution in [2.75, 3.05) is 11.1 Å². The van der Waals surface area contributed by atoms with Gasteiger partial charge in [0.2, 0.25) is 11.1 Å². The normalized spacial score (nSPS) is 10.9. The Kier molecular flexibility index (Phi) is 5.68. The number of anilines is 1. The maximum atomic E-state index is 11.9. The van der Waals surface area contributed by atoms with Crippen LogP contribution in [0.1, 0.15) is 13.8 Å². The van der Waals surface area contributed by atoms with Crippen LogP contribution in [-0.4, -0.2) is 36.9 Å². The van der Waals surface area contributed by atoms with E-state index in [1.165, 1.54) is 11.8 Å². The molecule has 0 saturated carbocycles. The third-order valence-electron chi connectivity index (χ3n) is 2.36. The third-order valence-corrected chi connectivity index (χ3v) is 3.79. The first-order valence-corrected chi connectivity index (χ1v) is 8.13. The van der Waals surface area contributed by atoms with Crippen LogP contribution >= 0.6 is 27.7 Å². The zero-order valence-corrected chi connectivity index (χ0v) is 14.1. The summed E-state index contributed by atoms with van der Waals surface area (Å²) in [5.41, 5.74) is 0. The second-order valence-corrected chi connectivity index (χ2v) is 6.59. The number of amides is 1. The number of nitrogens with zero attached hydrogens (tertiary/aromatic N) is 5. The van der Waals surface area contributed by atoms with Crippen LogP contribution in [0.5, 0.6) is 0 Å². The topological polar surface area (TPSA) is 85.6 Å². The predicted octanol–water partition coefficient (Wildman–Crippen LogP) is 2.22. The molecule has 2 rings (SSSR count). The Morgan fingerprint density at radius 2 is 2.29 bits per heavy atom. The van der Waals surface area contributed by atoms with Gasteiger partial charge < -0.3 is 5.32 Å². The Morgan fingerprint density at radius 3 is 2.95 bits per heavy atom. The maximum Gasteiger partial charge on any atom is 0.236 e. The molecule has 0 saturated heterocycles. The Hall–Kier alpha value is -1.48. The van der Waals surface area contributed by atoms with Gasteiger partial charge >= 0.3 is 0 Å². The SMILES string of the molecule is CC(C)Cn1nnnc1SCC(=O)Nc1ccc(Br)cn1. The monoisotopic (exact) mass is 370 g/mol. The van der Waals surface area contributed by atoms with Crippen molar-refractivity contribution in [1.82, 2.24) is 25.2 Å². The molecule has 0 aliphatic carbocycles. The van der Waals surface area contributed by atoms with Crippen molar-refractivity contribution in [2.24, 2.45) is 5.92 Å². The number of hydrogen-bond donors (Lipinski definition) is 1. The van der Waals surface area contributed by atoms with Gasteiger partial charge in [-0.2, -0.15) is 0 Å². The lowest BCUT2D eigenvalue weighted by atomic mass is 10.2. The highest BCUT2D eigenvalue weighted by atomic mass is 79.9. The van der Waals surface area contributed by atoms with Gasteiger partial charge in [-0.25, -0.2) is 9.67 Å². The Morgan fingerprint density at radius 1 is 1.48 bits per heavy atom. The minimum Gasteiger partial charge on any atom is -0.310 e. The number of pyridine rings is 1. The molecule has 0 radical (unpaired) electrons. The van der Waals surface area contributed by atoms with Crippen molar-refractivity contribution in [3.05, 3.63) is 22.8 Å². The van der Waals surface area contributed by atoms with Gasteiger partial charge in [0.05, 0.1) is 5.75 Å². The first-order valence-electron chi connectivity index (χ1n) is 6.35. The smallest absolute Gasteiger partial charge is 0.236 e. The van der Waals surface area contributed by atoms with Gasteiger partial charge in [0.15, 0.2) is 0 Å². The summed E-state index contributed by atoms with van der Waals surface area (Å²) in [5.74, 6) is 1.05. The van der Waals surface area contributed by atoms with E-state index in [9.17, 15) is 4.79 Å². The van der Waals surface area contributed by atoms with Gasteiger partial charge in [-0.15, -0.1) is 5.10 Å². The highest BCUT2D eigenvalue weighted by Crippen LogP contribution is 2.16. The van der Waals surface area contributed by atoms with Crippen molar-refractivity contribution < 1.29 is 4.79 Å². The second kappa shape index (κ2) is 7.51. The minimum atomic E-state index is -0.145. The van der Waals surface area contributed by atoms with E-state index < -0.39 is 0 Å². The van der Waals surface area contributed by atoms with Crippen LogP contribution < -0.4 is 5.32 Å². The number of nitrogens with one attached hydrogen (secondary N) is 1. The van der Waals surface area contributed by atoms with Crippen LogP contribution in [0, 0.1) is 5.92 Å². The zero-order chi connectivity index (χ0) is 15.2. The molecule has 0 aliphatic heterocycles. The molecule has 21 heavy (non-hydrogen) atoms. The fourth-order valence-corrected chi connectivity index (χ4v) is 2.44. The minimum absolute atomic E-state index is 0.145. The van der Waals surface area contributed by atoms with E-state index in [0.29, 0.717) is 16.9 Å². The molecule has 7 nitrogen and oxygen atoms in total. The Balaban J connectivity index is 1.86. The highest BCUT2D eigenvalue weighted by molar-refractivity contribution is 9.10. The summed E-state index contributed by atoms with van der Waals surface area (Å²) < 4.78 is 2.57. The van der Waals surface area contributed by atoms with Gasteiger partial charge in [0.1, 0.15) is 5.82 Å². The number of rotatable bonds is 6. The van der Waals surface area contributed by atoms with Crippen molar-refractivity contribution in [3.8, 4) is 0 Å². The summed E-state index contributed by atoms with van der Waals surface area (Å²) in [4.78, 5) is 16.0. The molecular formula is C12H15BrN6OS. The van der Waals surface area contributed by atoms with Crippen molar-refractivity contribution in [3.63, 3.8) is 0 Å². The molecule has 0 fully saturated rings. The van der Waals surface area contributed by atoms with E-state index in [2.05, 4.69) is 55.6 Å². The third kappa shape index (κ3) is 5.09. The van der Waals surface area contributed by atoms with Crippen LogP contribution in [0.25, 0.3) is 0 Å². The van der Waals surface area contributed by atoms with Crippen LogP contribution in [0.15, 0.2) is 28.0 Å². The Bertz CT molecular complexity index is 600. The molecule has 2 aromatic rings. The Labute approximate surface area is 135 Å².